The lowest BCUT2D eigenvalue weighted by molar-refractivity contribution is 0.0732. The van der Waals surface area contributed by atoms with Gasteiger partial charge >= 0.3 is 0 Å². The fourth-order valence-corrected chi connectivity index (χ4v) is 5.12. The minimum Gasteiger partial charge on any atom is -0.454 e. The van der Waals surface area contributed by atoms with Crippen molar-refractivity contribution in [1.29, 1.82) is 0 Å². The van der Waals surface area contributed by atoms with Crippen molar-refractivity contribution in [2.45, 2.75) is 19.5 Å². The number of thiophene rings is 1. The van der Waals surface area contributed by atoms with Gasteiger partial charge in [-0.2, -0.15) is 5.10 Å². The van der Waals surface area contributed by atoms with E-state index in [0.717, 1.165) is 38.8 Å². The second-order valence-electron chi connectivity index (χ2n) is 7.77. The van der Waals surface area contributed by atoms with Gasteiger partial charge in [0, 0.05) is 22.5 Å². The molecule has 0 aliphatic carbocycles. The molecule has 1 unspecified atom stereocenters. The van der Waals surface area contributed by atoms with Crippen molar-refractivity contribution in [2.75, 3.05) is 6.79 Å². The fraction of sp³-hybridized carbons (Fsp3) is 0.167. The Labute approximate surface area is 183 Å². The Morgan fingerprint density at radius 3 is 2.77 bits per heavy atom. The van der Waals surface area contributed by atoms with E-state index in [4.69, 9.17) is 9.47 Å². The van der Waals surface area contributed by atoms with Crippen LogP contribution in [0.3, 0.4) is 0 Å². The number of carbonyl (C=O) groups excluding carboxylic acids is 1. The van der Waals surface area contributed by atoms with Crippen molar-refractivity contribution >= 4 is 17.2 Å². The molecule has 1 N–H and O–H groups in total. The lowest BCUT2D eigenvalue weighted by Crippen LogP contribution is -2.28. The third-order valence-corrected chi connectivity index (χ3v) is 6.72. The van der Waals surface area contributed by atoms with E-state index in [1.165, 1.54) is 5.56 Å². The van der Waals surface area contributed by atoms with Crippen LogP contribution in [0.1, 0.15) is 38.1 Å². The first kappa shape index (κ1) is 18.2. The van der Waals surface area contributed by atoms with Crippen LogP contribution in [0.25, 0.3) is 11.3 Å². The molecule has 7 heteroatoms. The molecule has 2 aromatic carbocycles. The standard InChI is InChI=1S/C24H19N3O3S/c1-14-4-7-16(8-5-14)21-20-22(26-25-21)24(28)27(23(20)19-3-2-10-31-19)12-15-6-9-17-18(11-15)30-13-29-17/h2-11,23H,12-13H2,1H3,(H,25,26). The summed E-state index contributed by atoms with van der Waals surface area (Å²) in [5, 5.41) is 9.59. The van der Waals surface area contributed by atoms with Crippen LogP contribution in [0.5, 0.6) is 11.5 Å². The van der Waals surface area contributed by atoms with Gasteiger partial charge in [-0.3, -0.25) is 9.89 Å². The predicted octanol–water partition coefficient (Wildman–Crippen LogP) is 4.92. The second-order valence-corrected chi connectivity index (χ2v) is 8.74. The normalized spacial score (nSPS) is 16.7. The molecule has 6 rings (SSSR count). The molecular formula is C24H19N3O3S. The summed E-state index contributed by atoms with van der Waals surface area (Å²) in [6.45, 7) is 2.76. The molecule has 2 aliphatic rings. The van der Waals surface area contributed by atoms with Crippen LogP contribution in [0.4, 0.5) is 0 Å². The van der Waals surface area contributed by atoms with E-state index < -0.39 is 0 Å². The zero-order chi connectivity index (χ0) is 20.9. The maximum Gasteiger partial charge on any atom is 0.273 e. The molecule has 31 heavy (non-hydrogen) atoms. The van der Waals surface area contributed by atoms with E-state index in [2.05, 4.69) is 47.5 Å². The highest BCUT2D eigenvalue weighted by Crippen LogP contribution is 2.45. The number of aromatic amines is 1. The minimum atomic E-state index is -0.192. The summed E-state index contributed by atoms with van der Waals surface area (Å²) in [6.07, 6.45) is 0. The predicted molar refractivity (Wildman–Crippen MR) is 117 cm³/mol. The zero-order valence-corrected chi connectivity index (χ0v) is 17.6. The molecule has 0 radical (unpaired) electrons. The molecule has 4 aromatic rings. The molecule has 6 nitrogen and oxygen atoms in total. The van der Waals surface area contributed by atoms with Crippen molar-refractivity contribution in [1.82, 2.24) is 15.1 Å². The van der Waals surface area contributed by atoms with Gasteiger partial charge in [-0.15, -0.1) is 11.3 Å². The SMILES string of the molecule is Cc1ccc(-c2n[nH]c3c2C(c2cccs2)N(Cc2ccc4c(c2)OCO4)C3=O)cc1. The van der Waals surface area contributed by atoms with Crippen molar-refractivity contribution < 1.29 is 14.3 Å². The molecule has 0 spiro atoms. The lowest BCUT2D eigenvalue weighted by atomic mass is 10.00. The van der Waals surface area contributed by atoms with E-state index in [9.17, 15) is 4.79 Å². The third kappa shape index (κ3) is 2.92. The van der Waals surface area contributed by atoms with Gasteiger partial charge in [-0.1, -0.05) is 42.0 Å². The van der Waals surface area contributed by atoms with Gasteiger partial charge in [0.2, 0.25) is 6.79 Å². The molecule has 154 valence electrons. The smallest absolute Gasteiger partial charge is 0.273 e. The quantitative estimate of drug-likeness (QED) is 0.500. The van der Waals surface area contributed by atoms with Gasteiger partial charge in [-0.25, -0.2) is 0 Å². The van der Waals surface area contributed by atoms with Gasteiger partial charge < -0.3 is 14.4 Å². The highest BCUT2D eigenvalue weighted by molar-refractivity contribution is 7.10. The minimum absolute atomic E-state index is 0.0445. The van der Waals surface area contributed by atoms with E-state index in [0.29, 0.717) is 12.2 Å². The van der Waals surface area contributed by atoms with Crippen LogP contribution in [-0.2, 0) is 6.54 Å². The Kier molecular flexibility index (Phi) is 4.11. The van der Waals surface area contributed by atoms with Crippen molar-refractivity contribution in [3.63, 3.8) is 0 Å². The zero-order valence-electron chi connectivity index (χ0n) is 16.8. The number of rotatable bonds is 4. The number of aromatic nitrogens is 2. The number of nitrogens with zero attached hydrogens (tertiary/aromatic N) is 2. The fourth-order valence-electron chi connectivity index (χ4n) is 4.27. The average molecular weight is 430 g/mol. The number of aryl methyl sites for hydroxylation is 1. The highest BCUT2D eigenvalue weighted by Gasteiger charge is 2.42. The van der Waals surface area contributed by atoms with Gasteiger partial charge in [0.05, 0.1) is 11.7 Å². The molecule has 0 saturated carbocycles. The van der Waals surface area contributed by atoms with Crippen LogP contribution in [-0.4, -0.2) is 27.8 Å². The second kappa shape index (κ2) is 6.99. The van der Waals surface area contributed by atoms with Gasteiger partial charge in [-0.05, 0) is 36.1 Å². The van der Waals surface area contributed by atoms with E-state index in [1.807, 2.05) is 34.5 Å². The summed E-state index contributed by atoms with van der Waals surface area (Å²) in [5.74, 6) is 1.41. The number of carbonyl (C=O) groups is 1. The number of fused-ring (bicyclic) bond motifs is 2. The number of amides is 1. The first-order chi connectivity index (χ1) is 15.2. The number of benzene rings is 2. The summed E-state index contributed by atoms with van der Waals surface area (Å²) in [7, 11) is 0. The molecule has 0 fully saturated rings. The maximum absolute atomic E-state index is 13.4. The molecule has 1 atom stereocenters. The van der Waals surface area contributed by atoms with Gasteiger partial charge in [0.15, 0.2) is 11.5 Å². The largest absolute Gasteiger partial charge is 0.454 e. The molecule has 4 heterocycles. The van der Waals surface area contributed by atoms with Gasteiger partial charge in [0.25, 0.3) is 5.91 Å². The Morgan fingerprint density at radius 2 is 1.97 bits per heavy atom. The molecule has 2 aromatic heterocycles. The number of hydrogen-bond acceptors (Lipinski definition) is 5. The first-order valence-electron chi connectivity index (χ1n) is 10.1. The van der Waals surface area contributed by atoms with Crippen LogP contribution in [0.2, 0.25) is 0 Å². The molecule has 0 bridgehead atoms. The number of ether oxygens (including phenoxy) is 2. The molecular weight excluding hydrogens is 410 g/mol. The Bertz CT molecular complexity index is 1280. The Balaban J connectivity index is 1.43. The summed E-state index contributed by atoms with van der Waals surface area (Å²) < 4.78 is 10.9. The summed E-state index contributed by atoms with van der Waals surface area (Å²) in [5.41, 5.74) is 5.52. The Hall–Kier alpha value is -3.58. The lowest BCUT2D eigenvalue weighted by Gasteiger charge is -2.25. The summed E-state index contributed by atoms with van der Waals surface area (Å²) in [6, 6.07) is 18.0. The average Bonchev–Trinajstić information content (AvgIpc) is 3.56. The summed E-state index contributed by atoms with van der Waals surface area (Å²) in [4.78, 5) is 16.5. The number of hydrogen-bond donors (Lipinski definition) is 1. The third-order valence-electron chi connectivity index (χ3n) is 5.79. The number of nitrogens with one attached hydrogen (secondary N) is 1. The molecule has 2 aliphatic heterocycles. The van der Waals surface area contributed by atoms with E-state index in [1.54, 1.807) is 11.3 Å². The monoisotopic (exact) mass is 429 g/mol. The van der Waals surface area contributed by atoms with Gasteiger partial charge in [0.1, 0.15) is 5.69 Å². The molecule has 1 amide bonds. The Morgan fingerprint density at radius 1 is 1.13 bits per heavy atom. The molecule has 0 saturated heterocycles. The van der Waals surface area contributed by atoms with Crippen molar-refractivity contribution in [2.24, 2.45) is 0 Å². The van der Waals surface area contributed by atoms with Crippen LogP contribution in [0.15, 0.2) is 60.0 Å². The van der Waals surface area contributed by atoms with Crippen molar-refractivity contribution in [3.05, 3.63) is 87.2 Å². The van der Waals surface area contributed by atoms with E-state index in [-0.39, 0.29) is 18.7 Å². The topological polar surface area (TPSA) is 67.5 Å². The number of H-pyrrole nitrogens is 1. The van der Waals surface area contributed by atoms with Crippen LogP contribution >= 0.6 is 11.3 Å². The maximum atomic E-state index is 13.4. The van der Waals surface area contributed by atoms with Crippen LogP contribution < -0.4 is 9.47 Å². The van der Waals surface area contributed by atoms with E-state index >= 15 is 0 Å². The van der Waals surface area contributed by atoms with Crippen molar-refractivity contribution in [3.8, 4) is 22.8 Å². The highest BCUT2D eigenvalue weighted by atomic mass is 32.1. The summed E-state index contributed by atoms with van der Waals surface area (Å²) >= 11 is 1.65. The van der Waals surface area contributed by atoms with Crippen LogP contribution in [0, 0.1) is 6.92 Å². The first-order valence-corrected chi connectivity index (χ1v) is 11.0.